The van der Waals surface area contributed by atoms with E-state index in [2.05, 4.69) is 16.4 Å². The molecule has 4 aromatic rings. The number of nitrogens with one attached hydrogen (secondary N) is 1. The first-order valence-corrected chi connectivity index (χ1v) is 10.7. The smallest absolute Gasteiger partial charge is 0.252 e. The van der Waals surface area contributed by atoms with E-state index in [4.69, 9.17) is 0 Å². The molecule has 0 aliphatic carbocycles. The number of benzene rings is 2. The van der Waals surface area contributed by atoms with E-state index in [1.54, 1.807) is 17.6 Å². The molecule has 0 saturated carbocycles. The largest absolute Gasteiger partial charge is 0.300 e. The van der Waals surface area contributed by atoms with Gasteiger partial charge in [0, 0.05) is 22.4 Å². The van der Waals surface area contributed by atoms with Crippen molar-refractivity contribution >= 4 is 33.3 Å². The highest BCUT2D eigenvalue weighted by atomic mass is 32.1. The summed E-state index contributed by atoms with van der Waals surface area (Å²) in [5.41, 5.74) is 5.45. The number of hydrogen-bond donors (Lipinski definition) is 1. The van der Waals surface area contributed by atoms with Crippen LogP contribution in [0.2, 0.25) is 0 Å². The predicted octanol–water partition coefficient (Wildman–Crippen LogP) is 5.25. The molecule has 0 spiro atoms. The van der Waals surface area contributed by atoms with Crippen molar-refractivity contribution in [3.8, 4) is 11.3 Å². The van der Waals surface area contributed by atoms with Gasteiger partial charge in [-0.05, 0) is 44.9 Å². The molecule has 1 N–H and O–H groups in total. The number of rotatable bonds is 4. The van der Waals surface area contributed by atoms with Crippen molar-refractivity contribution in [1.29, 1.82) is 0 Å². The first kappa shape index (κ1) is 20.0. The Kier molecular flexibility index (Phi) is 5.26. The maximum atomic E-state index is 13.0. The number of carbonyl (C=O) groups is 1. The molecule has 5 nitrogen and oxygen atoms in total. The molecule has 0 fully saturated rings. The summed E-state index contributed by atoms with van der Waals surface area (Å²) >= 11 is 1.37. The number of carbonyl (C=O) groups excluding carboxylic acids is 1. The van der Waals surface area contributed by atoms with Crippen LogP contribution in [-0.4, -0.2) is 15.5 Å². The van der Waals surface area contributed by atoms with E-state index in [1.807, 2.05) is 62.5 Å². The highest BCUT2D eigenvalue weighted by molar-refractivity contribution is 7.14. The molecule has 1 amide bonds. The van der Waals surface area contributed by atoms with E-state index in [1.165, 1.54) is 11.3 Å². The highest BCUT2D eigenvalue weighted by Crippen LogP contribution is 2.27. The lowest BCUT2D eigenvalue weighted by Gasteiger charge is -2.20. The molecular formula is C24H23N3O2S. The van der Waals surface area contributed by atoms with Crippen molar-refractivity contribution in [2.45, 2.75) is 33.7 Å². The van der Waals surface area contributed by atoms with Gasteiger partial charge in [-0.2, -0.15) is 0 Å². The highest BCUT2D eigenvalue weighted by Gasteiger charge is 2.21. The lowest BCUT2D eigenvalue weighted by molar-refractivity contribution is -0.118. The van der Waals surface area contributed by atoms with Crippen LogP contribution in [0.5, 0.6) is 0 Å². The van der Waals surface area contributed by atoms with Crippen LogP contribution in [-0.2, 0) is 4.79 Å². The van der Waals surface area contributed by atoms with E-state index in [9.17, 15) is 9.59 Å². The Labute approximate surface area is 179 Å². The van der Waals surface area contributed by atoms with Gasteiger partial charge in [0.1, 0.15) is 6.04 Å². The first-order chi connectivity index (χ1) is 14.3. The second-order valence-corrected chi connectivity index (χ2v) is 8.44. The molecule has 2 heterocycles. The molecule has 4 rings (SSSR count). The average molecular weight is 418 g/mol. The van der Waals surface area contributed by atoms with E-state index in [0.717, 1.165) is 38.9 Å². The number of anilines is 1. The molecule has 1 unspecified atom stereocenters. The monoisotopic (exact) mass is 417 g/mol. The van der Waals surface area contributed by atoms with Crippen molar-refractivity contribution in [3.63, 3.8) is 0 Å². The van der Waals surface area contributed by atoms with Crippen LogP contribution in [0.1, 0.15) is 29.7 Å². The van der Waals surface area contributed by atoms with Crippen molar-refractivity contribution < 1.29 is 4.79 Å². The minimum atomic E-state index is -0.675. The standard InChI is InChI=1S/C24H23N3O2S/c1-14-10-16(3)22-19(11-14)15(2)12-21(28)27(22)17(4)23(29)26-24-25-20(13-30-24)18-8-6-5-7-9-18/h5-13,17H,1-4H3,(H,25,26,29). The molecule has 0 aliphatic rings. The fourth-order valence-electron chi connectivity index (χ4n) is 3.81. The van der Waals surface area contributed by atoms with Crippen LogP contribution in [0, 0.1) is 20.8 Å². The Hall–Kier alpha value is -3.25. The number of fused-ring (bicyclic) bond motifs is 1. The second-order valence-electron chi connectivity index (χ2n) is 7.58. The van der Waals surface area contributed by atoms with E-state index in [-0.39, 0.29) is 11.5 Å². The summed E-state index contributed by atoms with van der Waals surface area (Å²) < 4.78 is 1.58. The van der Waals surface area contributed by atoms with Crippen LogP contribution in [0.3, 0.4) is 0 Å². The summed E-state index contributed by atoms with van der Waals surface area (Å²) in [6.45, 7) is 7.68. The third-order valence-corrected chi connectivity index (χ3v) is 6.02. The van der Waals surface area contributed by atoms with Crippen LogP contribution < -0.4 is 10.9 Å². The number of aryl methyl sites for hydroxylation is 3. The average Bonchev–Trinajstić information content (AvgIpc) is 3.17. The number of nitrogens with zero attached hydrogens (tertiary/aromatic N) is 2. The Balaban J connectivity index is 1.68. The summed E-state index contributed by atoms with van der Waals surface area (Å²) in [6, 6.07) is 14.8. The molecule has 6 heteroatoms. The van der Waals surface area contributed by atoms with E-state index >= 15 is 0 Å². The fraction of sp³-hybridized carbons (Fsp3) is 0.208. The van der Waals surface area contributed by atoms with Gasteiger partial charge < -0.3 is 5.32 Å². The quantitative estimate of drug-likeness (QED) is 0.493. The predicted molar refractivity (Wildman–Crippen MR) is 123 cm³/mol. The van der Waals surface area contributed by atoms with Crippen molar-refractivity contribution in [2.75, 3.05) is 5.32 Å². The van der Waals surface area contributed by atoms with E-state index < -0.39 is 6.04 Å². The SMILES string of the molecule is Cc1cc(C)c2c(c1)c(C)cc(=O)n2C(C)C(=O)Nc1nc(-c2ccccc2)cs1. The maximum Gasteiger partial charge on any atom is 0.252 e. The minimum Gasteiger partial charge on any atom is -0.300 e. The minimum absolute atomic E-state index is 0.182. The lowest BCUT2D eigenvalue weighted by atomic mass is 10.0. The van der Waals surface area contributed by atoms with Crippen molar-refractivity contribution in [3.05, 3.63) is 81.0 Å². The zero-order valence-electron chi connectivity index (χ0n) is 17.4. The Morgan fingerprint density at radius 1 is 1.07 bits per heavy atom. The van der Waals surface area contributed by atoms with Gasteiger partial charge >= 0.3 is 0 Å². The van der Waals surface area contributed by atoms with Crippen molar-refractivity contribution in [2.24, 2.45) is 0 Å². The van der Waals surface area contributed by atoms with Gasteiger partial charge in [-0.3, -0.25) is 14.2 Å². The van der Waals surface area contributed by atoms with Crippen LogP contribution in [0.4, 0.5) is 5.13 Å². The molecule has 0 aliphatic heterocycles. The fourth-order valence-corrected chi connectivity index (χ4v) is 4.53. The molecule has 0 saturated heterocycles. The normalized spacial score (nSPS) is 12.1. The molecule has 2 aromatic heterocycles. The first-order valence-electron chi connectivity index (χ1n) is 9.80. The second kappa shape index (κ2) is 7.88. The van der Waals surface area contributed by atoms with Crippen LogP contribution in [0.25, 0.3) is 22.2 Å². The van der Waals surface area contributed by atoms with Gasteiger partial charge in [-0.25, -0.2) is 4.98 Å². The molecule has 0 radical (unpaired) electrons. The number of hydrogen-bond acceptors (Lipinski definition) is 4. The molecule has 2 aromatic carbocycles. The van der Waals surface area contributed by atoms with E-state index in [0.29, 0.717) is 5.13 Å². The third kappa shape index (κ3) is 3.66. The summed E-state index contributed by atoms with van der Waals surface area (Å²) in [5.74, 6) is -0.267. The Bertz CT molecular complexity index is 1310. The van der Waals surface area contributed by atoms with Gasteiger partial charge in [0.15, 0.2) is 5.13 Å². The number of aromatic nitrogens is 2. The maximum absolute atomic E-state index is 13.0. The summed E-state index contributed by atoms with van der Waals surface area (Å²) in [4.78, 5) is 30.4. The third-order valence-electron chi connectivity index (χ3n) is 5.26. The molecular weight excluding hydrogens is 394 g/mol. The van der Waals surface area contributed by atoms with Crippen LogP contribution in [0.15, 0.2) is 58.7 Å². The number of pyridine rings is 1. The van der Waals surface area contributed by atoms with Gasteiger partial charge in [0.25, 0.3) is 5.56 Å². The van der Waals surface area contributed by atoms with Gasteiger partial charge in [-0.1, -0.05) is 42.0 Å². The van der Waals surface area contributed by atoms with Crippen LogP contribution >= 0.6 is 11.3 Å². The summed E-state index contributed by atoms with van der Waals surface area (Å²) in [6.07, 6.45) is 0. The number of thiazole rings is 1. The molecule has 1 atom stereocenters. The molecule has 30 heavy (non-hydrogen) atoms. The lowest BCUT2D eigenvalue weighted by Crippen LogP contribution is -2.32. The van der Waals surface area contributed by atoms with Gasteiger partial charge in [0.2, 0.25) is 5.91 Å². The van der Waals surface area contributed by atoms with Crippen molar-refractivity contribution in [1.82, 2.24) is 9.55 Å². The van der Waals surface area contributed by atoms with Gasteiger partial charge in [-0.15, -0.1) is 11.3 Å². The Morgan fingerprint density at radius 3 is 2.53 bits per heavy atom. The number of amides is 1. The topological polar surface area (TPSA) is 64.0 Å². The molecule has 0 bridgehead atoms. The zero-order chi connectivity index (χ0) is 21.4. The zero-order valence-corrected chi connectivity index (χ0v) is 18.2. The summed E-state index contributed by atoms with van der Waals surface area (Å²) in [5, 5.41) is 6.30. The Morgan fingerprint density at radius 2 is 1.80 bits per heavy atom. The summed E-state index contributed by atoms with van der Waals surface area (Å²) in [7, 11) is 0. The molecule has 152 valence electrons. The van der Waals surface area contributed by atoms with Gasteiger partial charge in [0.05, 0.1) is 11.2 Å².